The molecular weight excluding hydrogens is 322 g/mol. The van der Waals surface area contributed by atoms with E-state index in [4.69, 9.17) is 10.8 Å². The van der Waals surface area contributed by atoms with Gasteiger partial charge in [-0.3, -0.25) is 0 Å². The second-order valence-corrected chi connectivity index (χ2v) is 6.30. The van der Waals surface area contributed by atoms with Crippen LogP contribution < -0.4 is 22.7 Å². The Morgan fingerprint density at radius 3 is 2.59 bits per heavy atom. The average molecular weight is 344 g/mol. The number of hydrogen-bond acceptors (Lipinski definition) is 5. The van der Waals surface area contributed by atoms with E-state index in [1.807, 2.05) is 26.0 Å². The molecule has 0 spiro atoms. The van der Waals surface area contributed by atoms with Gasteiger partial charge in [0.1, 0.15) is 11.9 Å². The first-order valence-electron chi connectivity index (χ1n) is 6.97. The first kappa shape index (κ1) is 18.8. The fraction of sp³-hybridized carbons (Fsp3) is 0.467. The van der Waals surface area contributed by atoms with Gasteiger partial charge in [-0.15, -0.1) is 0 Å². The van der Waals surface area contributed by atoms with Crippen LogP contribution in [-0.4, -0.2) is 21.8 Å². The summed E-state index contributed by atoms with van der Waals surface area (Å²) in [6.07, 6.45) is 0.0472. The number of nitrogen functional groups attached to an aromatic ring is 1. The van der Waals surface area contributed by atoms with Crippen molar-refractivity contribution in [3.63, 3.8) is 0 Å². The smallest absolute Gasteiger partial charge is 0.266 e. The van der Waals surface area contributed by atoms with Crippen molar-refractivity contribution in [1.29, 1.82) is 0 Å². The molecule has 4 N–H and O–H groups in total. The van der Waals surface area contributed by atoms with Gasteiger partial charge in [0.05, 0.1) is 10.4 Å². The van der Waals surface area contributed by atoms with Gasteiger partial charge in [0.15, 0.2) is 12.2 Å². The molecule has 2 aromatic rings. The van der Waals surface area contributed by atoms with Crippen molar-refractivity contribution in [2.45, 2.75) is 39.8 Å². The molecule has 122 valence electrons. The molecule has 1 unspecified atom stereocenters. The van der Waals surface area contributed by atoms with Crippen molar-refractivity contribution in [2.75, 3.05) is 12.3 Å². The molecule has 2 rings (SSSR count). The molecule has 0 aliphatic rings. The molecule has 7 heteroatoms. The average Bonchev–Trinajstić information content (AvgIpc) is 2.71. The number of hydrogen-bond donors (Lipinski definition) is 3. The summed E-state index contributed by atoms with van der Waals surface area (Å²) in [4.78, 5) is 5.37. The van der Waals surface area contributed by atoms with Gasteiger partial charge >= 0.3 is 0 Å². The van der Waals surface area contributed by atoms with Crippen LogP contribution in [0.3, 0.4) is 0 Å². The van der Waals surface area contributed by atoms with Crippen molar-refractivity contribution in [1.82, 2.24) is 4.98 Å². The van der Waals surface area contributed by atoms with Gasteiger partial charge in [-0.25, -0.2) is 4.98 Å². The molecule has 5 nitrogen and oxygen atoms in total. The molecule has 0 saturated heterocycles. The Bertz CT molecular complexity index is 644. The van der Waals surface area contributed by atoms with Crippen molar-refractivity contribution in [3.05, 3.63) is 39.0 Å². The molecule has 0 saturated carbocycles. The molecule has 2 aromatic heterocycles. The summed E-state index contributed by atoms with van der Waals surface area (Å²) in [6.45, 7) is 6.35. The zero-order valence-corrected chi connectivity index (χ0v) is 14.6. The van der Waals surface area contributed by atoms with E-state index in [1.165, 1.54) is 11.3 Å². The number of rotatable bonds is 5. The Balaban J connectivity index is 0.00000242. The minimum Gasteiger partial charge on any atom is -1.00 e. The highest BCUT2D eigenvalue weighted by atomic mass is 35.5. The lowest BCUT2D eigenvalue weighted by molar-refractivity contribution is -0.699. The van der Waals surface area contributed by atoms with E-state index >= 15 is 0 Å². The maximum absolute atomic E-state index is 9.98. The number of nitrogens with two attached hydrogens (primary N) is 1. The summed E-state index contributed by atoms with van der Waals surface area (Å²) >= 11 is 1.54. The number of aliphatic hydroxyl groups excluding tert-OH is 2. The third kappa shape index (κ3) is 3.95. The number of halogens is 1. The number of aromatic nitrogens is 2. The molecular formula is C15H22ClN3O2S. The lowest BCUT2D eigenvalue weighted by atomic mass is 10.2. The van der Waals surface area contributed by atoms with E-state index < -0.39 is 6.10 Å². The van der Waals surface area contributed by atoms with E-state index in [1.54, 1.807) is 6.92 Å². The maximum atomic E-state index is 9.98. The summed E-state index contributed by atoms with van der Waals surface area (Å²) in [5.41, 5.74) is 8.87. The number of thiazole rings is 1. The van der Waals surface area contributed by atoms with Crippen molar-refractivity contribution in [3.8, 4) is 0 Å². The zero-order valence-electron chi connectivity index (χ0n) is 13.0. The van der Waals surface area contributed by atoms with Gasteiger partial charge in [0, 0.05) is 25.6 Å². The third-order valence-electron chi connectivity index (χ3n) is 3.48. The minimum absolute atomic E-state index is 0. The van der Waals surface area contributed by atoms with E-state index in [-0.39, 0.29) is 19.0 Å². The Hall–Kier alpha value is -1.21. The van der Waals surface area contributed by atoms with Crippen LogP contribution in [0.15, 0.2) is 12.1 Å². The Morgan fingerprint density at radius 2 is 2.05 bits per heavy atom. The highest BCUT2D eigenvalue weighted by Crippen LogP contribution is 2.23. The number of anilines is 1. The van der Waals surface area contributed by atoms with Gasteiger partial charge in [0.25, 0.3) is 5.01 Å². The molecule has 0 fully saturated rings. The second kappa shape index (κ2) is 7.87. The van der Waals surface area contributed by atoms with Crippen LogP contribution in [0.5, 0.6) is 0 Å². The molecule has 1 atom stereocenters. The SMILES string of the molecule is Cc1ccc(C[n+]2c(C(C)O)sc(CCO)c2C)c(N)n1.[Cl-]. The van der Waals surface area contributed by atoms with Crippen LogP contribution >= 0.6 is 11.3 Å². The van der Waals surface area contributed by atoms with E-state index in [2.05, 4.69) is 9.55 Å². The summed E-state index contributed by atoms with van der Waals surface area (Å²) in [5.74, 6) is 0.522. The van der Waals surface area contributed by atoms with Crippen LogP contribution in [0.1, 0.15) is 39.9 Å². The topological polar surface area (TPSA) is 83.2 Å². The van der Waals surface area contributed by atoms with Crippen molar-refractivity contribution < 1.29 is 27.2 Å². The number of pyridine rings is 1. The monoisotopic (exact) mass is 343 g/mol. The Morgan fingerprint density at radius 1 is 1.36 bits per heavy atom. The highest BCUT2D eigenvalue weighted by molar-refractivity contribution is 7.11. The fourth-order valence-corrected chi connectivity index (χ4v) is 3.51. The Labute approximate surface area is 140 Å². The zero-order chi connectivity index (χ0) is 15.6. The molecule has 0 amide bonds. The predicted molar refractivity (Wildman–Crippen MR) is 83.2 cm³/mol. The first-order valence-corrected chi connectivity index (χ1v) is 7.78. The number of aliphatic hydroxyl groups is 2. The van der Waals surface area contributed by atoms with Gasteiger partial charge in [-0.1, -0.05) is 11.3 Å². The van der Waals surface area contributed by atoms with Crippen LogP contribution in [0, 0.1) is 13.8 Å². The normalized spacial score (nSPS) is 12.0. The Kier molecular flexibility index (Phi) is 6.74. The van der Waals surface area contributed by atoms with E-state index in [0.29, 0.717) is 18.8 Å². The molecule has 0 aromatic carbocycles. The molecule has 0 bridgehead atoms. The van der Waals surface area contributed by atoms with Gasteiger partial charge in [-0.2, -0.15) is 4.57 Å². The summed E-state index contributed by atoms with van der Waals surface area (Å²) in [5, 5.41) is 20.0. The second-order valence-electron chi connectivity index (χ2n) is 5.18. The summed E-state index contributed by atoms with van der Waals surface area (Å²) in [7, 11) is 0. The van der Waals surface area contributed by atoms with Gasteiger partial charge in [0.2, 0.25) is 0 Å². The van der Waals surface area contributed by atoms with Crippen LogP contribution in [0.2, 0.25) is 0 Å². The lowest BCUT2D eigenvalue weighted by Gasteiger charge is -2.05. The standard InChI is InChI=1S/C15H22N3O2S.ClH/c1-9-4-5-12(14(16)17-9)8-18-10(2)13(6-7-19)21-15(18)11(3)20;/h4-5,11,19-20H,6-8H2,1-3H3,(H2,16,17);1H/q+1;/p-1. The highest BCUT2D eigenvalue weighted by Gasteiger charge is 2.27. The summed E-state index contributed by atoms with van der Waals surface area (Å²) < 4.78 is 2.06. The third-order valence-corrected chi connectivity index (χ3v) is 5.00. The molecule has 0 aliphatic carbocycles. The van der Waals surface area contributed by atoms with Gasteiger partial charge in [-0.05, 0) is 26.0 Å². The molecule has 2 heterocycles. The maximum Gasteiger partial charge on any atom is 0.266 e. The predicted octanol–water partition coefficient (Wildman–Crippen LogP) is -1.73. The largest absolute Gasteiger partial charge is 1.00 e. The van der Waals surface area contributed by atoms with E-state index in [0.717, 1.165) is 26.8 Å². The number of aryl methyl sites for hydroxylation is 1. The summed E-state index contributed by atoms with van der Waals surface area (Å²) in [6, 6.07) is 3.91. The van der Waals surface area contributed by atoms with Crippen LogP contribution in [0.25, 0.3) is 0 Å². The van der Waals surface area contributed by atoms with Crippen LogP contribution in [-0.2, 0) is 13.0 Å². The first-order chi connectivity index (χ1) is 9.93. The number of nitrogens with zero attached hydrogens (tertiary/aromatic N) is 2. The van der Waals surface area contributed by atoms with Crippen molar-refractivity contribution in [2.24, 2.45) is 0 Å². The molecule has 22 heavy (non-hydrogen) atoms. The molecule has 0 radical (unpaired) electrons. The lowest BCUT2D eigenvalue weighted by Crippen LogP contribution is -3.00. The fourth-order valence-electron chi connectivity index (χ4n) is 2.32. The van der Waals surface area contributed by atoms with E-state index in [9.17, 15) is 5.11 Å². The van der Waals surface area contributed by atoms with Crippen molar-refractivity contribution >= 4 is 17.2 Å². The minimum atomic E-state index is -0.555. The molecule has 0 aliphatic heterocycles. The van der Waals surface area contributed by atoms with Gasteiger partial charge < -0.3 is 28.4 Å². The quantitative estimate of drug-likeness (QED) is 0.563. The van der Waals surface area contributed by atoms with Crippen LogP contribution in [0.4, 0.5) is 5.82 Å².